The van der Waals surface area contributed by atoms with Crippen LogP contribution in [0.25, 0.3) is 0 Å². The van der Waals surface area contributed by atoms with Gasteiger partial charge in [0.1, 0.15) is 11.8 Å². The van der Waals surface area contributed by atoms with Gasteiger partial charge in [-0.25, -0.2) is 0 Å². The molecule has 2 aromatic carbocycles. The van der Waals surface area contributed by atoms with E-state index in [0.29, 0.717) is 5.56 Å². The Balaban J connectivity index is 1.54. The molecule has 1 aliphatic heterocycles. The number of piperazine rings is 1. The molecular formula is C22H27N3O4. The first-order chi connectivity index (χ1) is 14.1. The van der Waals surface area contributed by atoms with Crippen molar-refractivity contribution in [2.75, 3.05) is 39.8 Å². The van der Waals surface area contributed by atoms with Crippen LogP contribution in [-0.2, 0) is 16.1 Å². The van der Waals surface area contributed by atoms with Gasteiger partial charge in [-0.05, 0) is 29.8 Å². The second-order valence-corrected chi connectivity index (χ2v) is 7.09. The zero-order chi connectivity index (χ0) is 20.6. The molecule has 154 valence electrons. The van der Waals surface area contributed by atoms with Gasteiger partial charge in [0.25, 0.3) is 5.91 Å². The van der Waals surface area contributed by atoms with Crippen LogP contribution in [0.15, 0.2) is 54.6 Å². The first kappa shape index (κ1) is 20.8. The minimum atomic E-state index is -0.528. The van der Waals surface area contributed by atoms with Gasteiger partial charge in [-0.3, -0.25) is 19.4 Å². The van der Waals surface area contributed by atoms with Gasteiger partial charge in [-0.1, -0.05) is 30.3 Å². The van der Waals surface area contributed by atoms with Crippen molar-refractivity contribution in [1.82, 2.24) is 15.1 Å². The third-order valence-corrected chi connectivity index (χ3v) is 5.16. The number of amides is 1. The Morgan fingerprint density at radius 3 is 2.31 bits per heavy atom. The summed E-state index contributed by atoms with van der Waals surface area (Å²) in [4.78, 5) is 29.1. The van der Waals surface area contributed by atoms with Crippen molar-refractivity contribution in [2.24, 2.45) is 0 Å². The monoisotopic (exact) mass is 397 g/mol. The molecule has 0 bridgehead atoms. The van der Waals surface area contributed by atoms with Crippen LogP contribution in [0.5, 0.6) is 5.75 Å². The second kappa shape index (κ2) is 10.0. The highest BCUT2D eigenvalue weighted by Gasteiger charge is 2.30. The summed E-state index contributed by atoms with van der Waals surface area (Å²) in [7, 11) is 1.36. The zero-order valence-corrected chi connectivity index (χ0v) is 16.6. The fourth-order valence-corrected chi connectivity index (χ4v) is 3.48. The highest BCUT2D eigenvalue weighted by Crippen LogP contribution is 2.12. The van der Waals surface area contributed by atoms with E-state index >= 15 is 0 Å². The van der Waals surface area contributed by atoms with Crippen molar-refractivity contribution in [3.63, 3.8) is 0 Å². The zero-order valence-electron chi connectivity index (χ0n) is 16.6. The Labute approximate surface area is 170 Å². The standard InChI is InChI=1S/C22H27N3O4/c1-29-22(28)20(15-23-21(27)18-7-9-19(26)10-8-18)25-13-11-24(12-14-25)16-17-5-3-2-4-6-17/h2-10,20,26H,11-16H2,1H3,(H,23,27). The molecule has 2 N–H and O–H groups in total. The smallest absolute Gasteiger partial charge is 0.324 e. The summed E-state index contributed by atoms with van der Waals surface area (Å²) in [6.45, 7) is 4.19. The third-order valence-electron chi connectivity index (χ3n) is 5.16. The molecule has 1 unspecified atom stereocenters. The van der Waals surface area contributed by atoms with E-state index in [1.165, 1.54) is 24.8 Å². The second-order valence-electron chi connectivity index (χ2n) is 7.09. The molecule has 1 fully saturated rings. The first-order valence-electron chi connectivity index (χ1n) is 9.72. The van der Waals surface area contributed by atoms with Gasteiger partial charge in [-0.15, -0.1) is 0 Å². The lowest BCUT2D eigenvalue weighted by atomic mass is 10.1. The average Bonchev–Trinajstić information content (AvgIpc) is 2.75. The molecule has 7 heteroatoms. The number of carbonyl (C=O) groups is 2. The molecule has 0 spiro atoms. The molecule has 0 saturated carbocycles. The SMILES string of the molecule is COC(=O)C(CNC(=O)c1ccc(O)cc1)N1CCN(Cc2ccccc2)CC1. The fraction of sp³-hybridized carbons (Fsp3) is 0.364. The molecule has 0 aliphatic carbocycles. The topological polar surface area (TPSA) is 82.1 Å². The molecule has 0 aromatic heterocycles. The van der Waals surface area contributed by atoms with Gasteiger partial charge < -0.3 is 15.2 Å². The lowest BCUT2D eigenvalue weighted by molar-refractivity contribution is -0.147. The molecule has 0 radical (unpaired) electrons. The van der Waals surface area contributed by atoms with Crippen LogP contribution in [0.2, 0.25) is 0 Å². The minimum absolute atomic E-state index is 0.0994. The maximum absolute atomic E-state index is 12.3. The lowest BCUT2D eigenvalue weighted by Crippen LogP contribution is -2.56. The van der Waals surface area contributed by atoms with E-state index in [1.54, 1.807) is 12.1 Å². The van der Waals surface area contributed by atoms with E-state index in [1.807, 2.05) is 18.2 Å². The fourth-order valence-electron chi connectivity index (χ4n) is 3.48. The number of rotatable bonds is 7. The Hall–Kier alpha value is -2.90. The summed E-state index contributed by atoms with van der Waals surface area (Å²) in [6.07, 6.45) is 0. The Morgan fingerprint density at radius 2 is 1.69 bits per heavy atom. The van der Waals surface area contributed by atoms with Crippen LogP contribution >= 0.6 is 0 Å². The van der Waals surface area contributed by atoms with Crippen molar-refractivity contribution in [1.29, 1.82) is 0 Å². The molecule has 7 nitrogen and oxygen atoms in total. The van der Waals surface area contributed by atoms with Crippen molar-refractivity contribution in [3.8, 4) is 5.75 Å². The van der Waals surface area contributed by atoms with Gasteiger partial charge in [0, 0.05) is 44.8 Å². The predicted octanol–water partition coefficient (Wildman–Crippen LogP) is 1.48. The number of aromatic hydroxyl groups is 1. The van der Waals surface area contributed by atoms with Crippen LogP contribution in [0, 0.1) is 0 Å². The van der Waals surface area contributed by atoms with Crippen LogP contribution in [0.1, 0.15) is 15.9 Å². The number of nitrogens with one attached hydrogen (secondary N) is 1. The van der Waals surface area contributed by atoms with E-state index < -0.39 is 6.04 Å². The highest BCUT2D eigenvalue weighted by atomic mass is 16.5. The largest absolute Gasteiger partial charge is 0.508 e. The van der Waals surface area contributed by atoms with Gasteiger partial charge in [-0.2, -0.15) is 0 Å². The highest BCUT2D eigenvalue weighted by molar-refractivity contribution is 5.94. The number of nitrogens with zero attached hydrogens (tertiary/aromatic N) is 2. The van der Waals surface area contributed by atoms with E-state index in [2.05, 4.69) is 27.2 Å². The van der Waals surface area contributed by atoms with Gasteiger partial charge >= 0.3 is 5.97 Å². The number of hydrogen-bond acceptors (Lipinski definition) is 6. The van der Waals surface area contributed by atoms with Crippen LogP contribution in [0.4, 0.5) is 0 Å². The molecule has 2 aromatic rings. The van der Waals surface area contributed by atoms with E-state index in [0.717, 1.165) is 32.7 Å². The van der Waals surface area contributed by atoms with Gasteiger partial charge in [0.15, 0.2) is 0 Å². The molecular weight excluding hydrogens is 370 g/mol. The quantitative estimate of drug-likeness (QED) is 0.689. The number of hydrogen-bond donors (Lipinski definition) is 2. The molecule has 29 heavy (non-hydrogen) atoms. The molecule has 1 atom stereocenters. The number of phenolic OH excluding ortho intramolecular Hbond substituents is 1. The summed E-state index contributed by atoms with van der Waals surface area (Å²) >= 11 is 0. The van der Waals surface area contributed by atoms with Crippen molar-refractivity contribution >= 4 is 11.9 Å². The normalized spacial score (nSPS) is 16.2. The number of benzene rings is 2. The number of esters is 1. The van der Waals surface area contributed by atoms with Crippen molar-refractivity contribution in [2.45, 2.75) is 12.6 Å². The Morgan fingerprint density at radius 1 is 1.03 bits per heavy atom. The van der Waals surface area contributed by atoms with E-state index in [9.17, 15) is 14.7 Å². The number of carbonyl (C=O) groups excluding carboxylic acids is 2. The van der Waals surface area contributed by atoms with Gasteiger partial charge in [0.05, 0.1) is 7.11 Å². The van der Waals surface area contributed by atoms with E-state index in [-0.39, 0.29) is 24.2 Å². The Kier molecular flexibility index (Phi) is 7.21. The summed E-state index contributed by atoms with van der Waals surface area (Å²) < 4.78 is 4.96. The first-order valence-corrected chi connectivity index (χ1v) is 9.72. The lowest BCUT2D eigenvalue weighted by Gasteiger charge is -2.38. The summed E-state index contributed by atoms with van der Waals surface area (Å²) in [5, 5.41) is 12.1. The maximum Gasteiger partial charge on any atom is 0.324 e. The summed E-state index contributed by atoms with van der Waals surface area (Å²) in [5.74, 6) is -0.545. The van der Waals surface area contributed by atoms with Crippen LogP contribution < -0.4 is 5.32 Å². The van der Waals surface area contributed by atoms with Crippen LogP contribution in [-0.4, -0.2) is 72.7 Å². The molecule has 1 aliphatic rings. The summed E-state index contributed by atoms with van der Waals surface area (Å²) in [5.41, 5.74) is 1.70. The third kappa shape index (κ3) is 5.79. The number of ether oxygens (including phenoxy) is 1. The molecule has 1 amide bonds. The average molecular weight is 397 g/mol. The van der Waals surface area contributed by atoms with Gasteiger partial charge in [0.2, 0.25) is 0 Å². The molecule has 1 heterocycles. The van der Waals surface area contributed by atoms with Crippen molar-refractivity contribution in [3.05, 3.63) is 65.7 Å². The molecule has 1 saturated heterocycles. The predicted molar refractivity (Wildman–Crippen MR) is 110 cm³/mol. The van der Waals surface area contributed by atoms with Crippen molar-refractivity contribution < 1.29 is 19.4 Å². The summed E-state index contributed by atoms with van der Waals surface area (Å²) in [6, 6.07) is 15.8. The molecule has 3 rings (SSSR count). The minimum Gasteiger partial charge on any atom is -0.508 e. The number of methoxy groups -OCH3 is 1. The van der Waals surface area contributed by atoms with E-state index in [4.69, 9.17) is 4.74 Å². The maximum atomic E-state index is 12.3. The Bertz CT molecular complexity index is 803. The van der Waals surface area contributed by atoms with Crippen LogP contribution in [0.3, 0.4) is 0 Å². The number of phenols is 1.